The zero-order valence-electron chi connectivity index (χ0n) is 11.3. The highest BCUT2D eigenvalue weighted by atomic mass is 32.1. The van der Waals surface area contributed by atoms with Crippen LogP contribution in [0.5, 0.6) is 0 Å². The Labute approximate surface area is 122 Å². The molecule has 1 saturated carbocycles. The smallest absolute Gasteiger partial charge is 0.326 e. The number of rotatable bonds is 3. The SMILES string of the molecule is O=C(O)[C@H]1C[C@@H]2CCCC[C@@H]2N1C(=O)Cc1ccsc1. The summed E-state index contributed by atoms with van der Waals surface area (Å²) < 4.78 is 0. The summed E-state index contributed by atoms with van der Waals surface area (Å²) in [7, 11) is 0. The van der Waals surface area contributed by atoms with Gasteiger partial charge in [-0.15, -0.1) is 0 Å². The van der Waals surface area contributed by atoms with Gasteiger partial charge in [0.2, 0.25) is 5.91 Å². The van der Waals surface area contributed by atoms with Crippen LogP contribution in [-0.2, 0) is 16.0 Å². The number of nitrogens with zero attached hydrogens (tertiary/aromatic N) is 1. The topological polar surface area (TPSA) is 57.6 Å². The number of likely N-dealkylation sites (tertiary alicyclic amines) is 1. The van der Waals surface area contributed by atoms with E-state index in [1.807, 2.05) is 16.8 Å². The van der Waals surface area contributed by atoms with E-state index in [0.717, 1.165) is 24.8 Å². The molecule has 20 heavy (non-hydrogen) atoms. The van der Waals surface area contributed by atoms with E-state index >= 15 is 0 Å². The fraction of sp³-hybridized carbons (Fsp3) is 0.600. The summed E-state index contributed by atoms with van der Waals surface area (Å²) in [5.41, 5.74) is 0.989. The number of thiophene rings is 1. The second-order valence-electron chi connectivity index (χ2n) is 5.81. The fourth-order valence-electron chi connectivity index (χ4n) is 3.70. The third-order valence-electron chi connectivity index (χ3n) is 4.60. The minimum Gasteiger partial charge on any atom is -0.480 e. The molecule has 2 aliphatic rings. The van der Waals surface area contributed by atoms with Crippen molar-refractivity contribution in [2.75, 3.05) is 0 Å². The average molecular weight is 293 g/mol. The highest BCUT2D eigenvalue weighted by Gasteiger charge is 2.47. The lowest BCUT2D eigenvalue weighted by Crippen LogP contribution is -2.46. The monoisotopic (exact) mass is 293 g/mol. The van der Waals surface area contributed by atoms with E-state index in [1.165, 1.54) is 6.42 Å². The standard InChI is InChI=1S/C15H19NO3S/c17-14(7-10-5-6-20-9-10)16-12-4-2-1-3-11(12)8-13(16)15(18)19/h5-6,9,11-13H,1-4,7-8H2,(H,18,19)/t11-,12-,13+/m0/s1. The molecule has 2 fully saturated rings. The molecule has 1 saturated heterocycles. The van der Waals surface area contributed by atoms with Crippen LogP contribution < -0.4 is 0 Å². The summed E-state index contributed by atoms with van der Waals surface area (Å²) in [4.78, 5) is 25.7. The van der Waals surface area contributed by atoms with Gasteiger partial charge in [0, 0.05) is 6.04 Å². The lowest BCUT2D eigenvalue weighted by Gasteiger charge is -2.33. The van der Waals surface area contributed by atoms with Crippen molar-refractivity contribution in [3.63, 3.8) is 0 Å². The lowest BCUT2D eigenvalue weighted by molar-refractivity contribution is -0.149. The van der Waals surface area contributed by atoms with Gasteiger partial charge in [0.05, 0.1) is 6.42 Å². The van der Waals surface area contributed by atoms with Crippen LogP contribution in [0.15, 0.2) is 16.8 Å². The molecular weight excluding hydrogens is 274 g/mol. The summed E-state index contributed by atoms with van der Waals surface area (Å²) in [5.74, 6) is -0.487. The highest BCUT2D eigenvalue weighted by Crippen LogP contribution is 2.40. The number of carbonyl (C=O) groups is 2. The maximum atomic E-state index is 12.5. The van der Waals surface area contributed by atoms with E-state index in [4.69, 9.17) is 0 Å². The van der Waals surface area contributed by atoms with Crippen LogP contribution in [-0.4, -0.2) is 34.0 Å². The van der Waals surface area contributed by atoms with Crippen molar-refractivity contribution in [3.05, 3.63) is 22.4 Å². The molecule has 0 unspecified atom stereocenters. The van der Waals surface area contributed by atoms with Gasteiger partial charge < -0.3 is 10.0 Å². The van der Waals surface area contributed by atoms with Gasteiger partial charge in [0.15, 0.2) is 0 Å². The van der Waals surface area contributed by atoms with Crippen LogP contribution in [0.3, 0.4) is 0 Å². The first-order valence-electron chi connectivity index (χ1n) is 7.22. The third kappa shape index (κ3) is 2.46. The number of carboxylic acids is 1. The minimum absolute atomic E-state index is 0.0230. The molecule has 0 bridgehead atoms. The van der Waals surface area contributed by atoms with Crippen LogP contribution in [0.2, 0.25) is 0 Å². The van der Waals surface area contributed by atoms with Crippen molar-refractivity contribution >= 4 is 23.2 Å². The molecule has 1 aromatic heterocycles. The Morgan fingerprint density at radius 3 is 2.85 bits per heavy atom. The molecule has 3 atom stereocenters. The highest BCUT2D eigenvalue weighted by molar-refractivity contribution is 7.07. The van der Waals surface area contributed by atoms with Crippen molar-refractivity contribution in [3.8, 4) is 0 Å². The molecule has 3 rings (SSSR count). The summed E-state index contributed by atoms with van der Waals surface area (Å²) >= 11 is 1.57. The van der Waals surface area contributed by atoms with Crippen LogP contribution >= 0.6 is 11.3 Å². The van der Waals surface area contributed by atoms with Crippen LogP contribution in [0.25, 0.3) is 0 Å². The molecule has 1 aliphatic heterocycles. The van der Waals surface area contributed by atoms with E-state index < -0.39 is 12.0 Å². The molecule has 1 N–H and O–H groups in total. The molecule has 1 amide bonds. The Morgan fingerprint density at radius 2 is 2.15 bits per heavy atom. The molecule has 0 radical (unpaired) electrons. The van der Waals surface area contributed by atoms with E-state index in [0.29, 0.717) is 18.8 Å². The van der Waals surface area contributed by atoms with Crippen molar-refractivity contribution < 1.29 is 14.7 Å². The van der Waals surface area contributed by atoms with Crippen LogP contribution in [0.1, 0.15) is 37.7 Å². The molecule has 0 spiro atoms. The van der Waals surface area contributed by atoms with Crippen molar-refractivity contribution in [1.29, 1.82) is 0 Å². The molecular formula is C15H19NO3S. The number of amides is 1. The van der Waals surface area contributed by atoms with Crippen molar-refractivity contribution in [2.45, 2.75) is 50.6 Å². The predicted octanol–water partition coefficient (Wildman–Crippen LogP) is 2.53. The quantitative estimate of drug-likeness (QED) is 0.931. The number of hydrogen-bond donors (Lipinski definition) is 1. The second-order valence-corrected chi connectivity index (χ2v) is 6.59. The van der Waals surface area contributed by atoms with E-state index in [2.05, 4.69) is 0 Å². The lowest BCUT2D eigenvalue weighted by atomic mass is 9.84. The summed E-state index contributed by atoms with van der Waals surface area (Å²) in [6.45, 7) is 0. The van der Waals surface area contributed by atoms with E-state index in [-0.39, 0.29) is 11.9 Å². The van der Waals surface area contributed by atoms with Gasteiger partial charge in [-0.25, -0.2) is 4.79 Å². The number of hydrogen-bond acceptors (Lipinski definition) is 3. The van der Waals surface area contributed by atoms with Gasteiger partial charge in [-0.2, -0.15) is 11.3 Å². The first-order valence-corrected chi connectivity index (χ1v) is 8.16. The van der Waals surface area contributed by atoms with Crippen molar-refractivity contribution in [2.24, 2.45) is 5.92 Å². The van der Waals surface area contributed by atoms with E-state index in [9.17, 15) is 14.7 Å². The largest absolute Gasteiger partial charge is 0.480 e. The molecule has 5 heteroatoms. The Kier molecular flexibility index (Phi) is 3.78. The van der Waals surface area contributed by atoms with Crippen LogP contribution in [0.4, 0.5) is 0 Å². The molecule has 0 aromatic carbocycles. The number of fused-ring (bicyclic) bond motifs is 1. The van der Waals surface area contributed by atoms with Gasteiger partial charge in [0.1, 0.15) is 6.04 Å². The number of carbonyl (C=O) groups excluding carboxylic acids is 1. The van der Waals surface area contributed by atoms with Gasteiger partial charge in [-0.05, 0) is 47.6 Å². The maximum absolute atomic E-state index is 12.5. The molecule has 1 aliphatic carbocycles. The van der Waals surface area contributed by atoms with Crippen molar-refractivity contribution in [1.82, 2.24) is 4.90 Å². The molecule has 1 aromatic rings. The third-order valence-corrected chi connectivity index (χ3v) is 5.33. The van der Waals surface area contributed by atoms with E-state index in [1.54, 1.807) is 16.2 Å². The maximum Gasteiger partial charge on any atom is 0.326 e. The first-order chi connectivity index (χ1) is 9.66. The Hall–Kier alpha value is -1.36. The normalized spacial score (nSPS) is 29.2. The first kappa shape index (κ1) is 13.6. The van der Waals surface area contributed by atoms with Gasteiger partial charge in [-0.1, -0.05) is 12.8 Å². The Balaban J connectivity index is 1.79. The van der Waals surface area contributed by atoms with Crippen LogP contribution in [0, 0.1) is 5.92 Å². The fourth-order valence-corrected chi connectivity index (χ4v) is 4.37. The second kappa shape index (κ2) is 5.56. The molecule has 4 nitrogen and oxygen atoms in total. The van der Waals surface area contributed by atoms with Gasteiger partial charge in [-0.3, -0.25) is 4.79 Å². The zero-order valence-corrected chi connectivity index (χ0v) is 12.1. The Morgan fingerprint density at radius 1 is 1.35 bits per heavy atom. The Bertz CT molecular complexity index is 499. The summed E-state index contributed by atoms with van der Waals surface area (Å²) in [6.07, 6.45) is 5.27. The predicted molar refractivity (Wildman–Crippen MR) is 76.7 cm³/mol. The van der Waals surface area contributed by atoms with Gasteiger partial charge >= 0.3 is 5.97 Å². The number of aliphatic carboxylic acids is 1. The molecule has 108 valence electrons. The summed E-state index contributed by atoms with van der Waals surface area (Å²) in [6, 6.07) is 1.47. The molecule has 2 heterocycles. The minimum atomic E-state index is -0.849. The summed E-state index contributed by atoms with van der Waals surface area (Å²) in [5, 5.41) is 13.3. The number of carboxylic acid groups (broad SMARTS) is 1. The zero-order chi connectivity index (χ0) is 14.1. The van der Waals surface area contributed by atoms with Gasteiger partial charge in [0.25, 0.3) is 0 Å². The average Bonchev–Trinajstić information content (AvgIpc) is 3.04.